The van der Waals surface area contributed by atoms with Crippen molar-refractivity contribution >= 4 is 0 Å². The molecule has 1 atom stereocenters. The lowest BCUT2D eigenvalue weighted by molar-refractivity contribution is -0.719. The topological polar surface area (TPSA) is 59.8 Å². The van der Waals surface area contributed by atoms with Crippen LogP contribution in [-0.4, -0.2) is 0 Å². The average Bonchev–Trinajstić information content (AvgIpc) is 2.30. The van der Waals surface area contributed by atoms with Crippen LogP contribution < -0.4 is 20.8 Å². The monoisotopic (exact) mass is 216 g/mol. The third-order valence-electron chi connectivity index (χ3n) is 2.51. The van der Waals surface area contributed by atoms with Crippen LogP contribution in [0.1, 0.15) is 13.1 Å². The van der Waals surface area contributed by atoms with Crippen LogP contribution >= 0.6 is 0 Å². The molecule has 0 aliphatic heterocycles. The summed E-state index contributed by atoms with van der Waals surface area (Å²) in [5.74, 6) is 5.56. The van der Waals surface area contributed by atoms with Gasteiger partial charge in [0.05, 0.1) is 0 Å². The molecule has 4 nitrogen and oxygen atoms in total. The number of nitrogens with two attached hydrogens (primary N) is 2. The van der Waals surface area contributed by atoms with Gasteiger partial charge in [-0.1, -0.05) is 4.68 Å². The number of aromatic nitrogens is 2. The standard InChI is InChI=1S/C12H15N4/c1-10(13)15-6-2-11(3-7-15)12-4-8-16(14)9-5-12/h2-10,14H,13H2,1H3/q+1/p+1. The van der Waals surface area contributed by atoms with Gasteiger partial charge in [-0.3, -0.25) is 5.73 Å². The summed E-state index contributed by atoms with van der Waals surface area (Å²) in [5, 5.41) is 0. The van der Waals surface area contributed by atoms with E-state index in [1.165, 1.54) is 4.68 Å². The lowest BCUT2D eigenvalue weighted by Crippen LogP contribution is -2.43. The zero-order valence-corrected chi connectivity index (χ0v) is 9.25. The van der Waals surface area contributed by atoms with E-state index in [0.29, 0.717) is 0 Å². The van der Waals surface area contributed by atoms with E-state index in [2.05, 4.69) is 0 Å². The largest absolute Gasteiger partial charge is 0.273 e. The van der Waals surface area contributed by atoms with Crippen LogP contribution in [0.25, 0.3) is 11.1 Å². The molecule has 2 rings (SSSR count). The van der Waals surface area contributed by atoms with E-state index >= 15 is 0 Å². The number of nitrogen functional groups attached to an aromatic ring is 1. The van der Waals surface area contributed by atoms with E-state index in [1.807, 2.05) is 60.5 Å². The van der Waals surface area contributed by atoms with Crippen LogP contribution in [0, 0.1) is 0 Å². The second-order valence-electron chi connectivity index (χ2n) is 3.81. The summed E-state index contributed by atoms with van der Waals surface area (Å²) in [4.78, 5) is 0. The maximum Gasteiger partial charge on any atom is 0.206 e. The normalized spacial score (nSPS) is 12.4. The van der Waals surface area contributed by atoms with E-state index in [0.717, 1.165) is 11.1 Å². The average molecular weight is 216 g/mol. The molecule has 1 unspecified atom stereocenters. The van der Waals surface area contributed by atoms with Gasteiger partial charge in [-0.2, -0.15) is 4.57 Å². The van der Waals surface area contributed by atoms with Crippen molar-refractivity contribution in [1.29, 1.82) is 0 Å². The maximum atomic E-state index is 5.77. The highest BCUT2D eigenvalue weighted by molar-refractivity contribution is 5.60. The summed E-state index contributed by atoms with van der Waals surface area (Å²) in [6, 6.07) is 8.04. The first kappa shape index (κ1) is 10.6. The van der Waals surface area contributed by atoms with Crippen LogP contribution in [0.3, 0.4) is 0 Å². The van der Waals surface area contributed by atoms with E-state index < -0.39 is 0 Å². The Morgan fingerprint density at radius 1 is 0.938 bits per heavy atom. The van der Waals surface area contributed by atoms with E-state index in [4.69, 9.17) is 11.6 Å². The summed E-state index contributed by atoms with van der Waals surface area (Å²) in [6.07, 6.45) is 7.59. The van der Waals surface area contributed by atoms with Gasteiger partial charge in [0.2, 0.25) is 6.17 Å². The molecule has 2 aromatic rings. The van der Waals surface area contributed by atoms with Crippen molar-refractivity contribution in [3.8, 4) is 11.1 Å². The molecular formula is C12H16N4+2. The number of hydrogen-bond donors (Lipinski definition) is 2. The molecule has 0 aliphatic rings. The quantitative estimate of drug-likeness (QED) is 0.553. The number of rotatable bonds is 2. The molecule has 16 heavy (non-hydrogen) atoms. The van der Waals surface area contributed by atoms with Crippen molar-refractivity contribution in [2.24, 2.45) is 5.73 Å². The maximum absolute atomic E-state index is 5.77. The lowest BCUT2D eigenvalue weighted by Gasteiger charge is -2.02. The minimum atomic E-state index is -0.00368. The molecule has 0 aromatic carbocycles. The minimum Gasteiger partial charge on any atom is -0.273 e. The fraction of sp³-hybridized carbons (Fsp3) is 0.167. The minimum absolute atomic E-state index is 0.00368. The van der Waals surface area contributed by atoms with Crippen LogP contribution in [0.5, 0.6) is 0 Å². The molecule has 0 spiro atoms. The zero-order valence-electron chi connectivity index (χ0n) is 9.25. The van der Waals surface area contributed by atoms with Gasteiger partial charge in [-0.05, 0) is 11.1 Å². The Hall–Kier alpha value is -1.94. The highest BCUT2D eigenvalue weighted by Gasteiger charge is 2.06. The summed E-state index contributed by atoms with van der Waals surface area (Å²) in [5.41, 5.74) is 8.05. The Morgan fingerprint density at radius 2 is 1.38 bits per heavy atom. The van der Waals surface area contributed by atoms with Gasteiger partial charge in [0, 0.05) is 31.2 Å². The van der Waals surface area contributed by atoms with Gasteiger partial charge >= 0.3 is 0 Å². The predicted octanol–water partition coefficient (Wildman–Crippen LogP) is 0.120. The zero-order chi connectivity index (χ0) is 11.5. The molecule has 0 saturated heterocycles. The van der Waals surface area contributed by atoms with Crippen molar-refractivity contribution in [3.05, 3.63) is 49.1 Å². The van der Waals surface area contributed by atoms with E-state index in [1.54, 1.807) is 0 Å². The summed E-state index contributed by atoms with van der Waals surface area (Å²) in [7, 11) is 0. The second-order valence-corrected chi connectivity index (χ2v) is 3.81. The van der Waals surface area contributed by atoms with Crippen molar-refractivity contribution in [3.63, 3.8) is 0 Å². The van der Waals surface area contributed by atoms with Crippen molar-refractivity contribution in [2.45, 2.75) is 13.1 Å². The molecule has 4 heteroatoms. The van der Waals surface area contributed by atoms with E-state index in [-0.39, 0.29) is 6.17 Å². The Labute approximate surface area is 94.7 Å². The fourth-order valence-corrected chi connectivity index (χ4v) is 1.53. The van der Waals surface area contributed by atoms with Gasteiger partial charge in [0.1, 0.15) is 0 Å². The van der Waals surface area contributed by atoms with Crippen molar-refractivity contribution < 1.29 is 9.24 Å². The van der Waals surface area contributed by atoms with Gasteiger partial charge in [-0.25, -0.2) is 5.84 Å². The van der Waals surface area contributed by atoms with Crippen LogP contribution in [0.2, 0.25) is 0 Å². The Morgan fingerprint density at radius 3 is 1.81 bits per heavy atom. The lowest BCUT2D eigenvalue weighted by atomic mass is 10.1. The molecule has 0 fully saturated rings. The first-order chi connectivity index (χ1) is 7.66. The summed E-state index contributed by atoms with van der Waals surface area (Å²) >= 11 is 0. The number of hydrogen-bond acceptors (Lipinski definition) is 2. The highest BCUT2D eigenvalue weighted by Crippen LogP contribution is 2.15. The van der Waals surface area contributed by atoms with Crippen molar-refractivity contribution in [1.82, 2.24) is 0 Å². The van der Waals surface area contributed by atoms with Crippen molar-refractivity contribution in [2.75, 3.05) is 5.84 Å². The SMILES string of the molecule is CC(N)[n+]1ccc(-c2cc[n+](N)cc2)cc1. The first-order valence-corrected chi connectivity index (χ1v) is 5.20. The van der Waals surface area contributed by atoms with Gasteiger partial charge in [-0.15, -0.1) is 0 Å². The second kappa shape index (κ2) is 4.28. The van der Waals surface area contributed by atoms with E-state index in [9.17, 15) is 0 Å². The van der Waals surface area contributed by atoms with Crippen LogP contribution in [0.4, 0.5) is 0 Å². The molecule has 0 bridgehead atoms. The fourth-order valence-electron chi connectivity index (χ4n) is 1.53. The number of pyridine rings is 2. The molecule has 0 radical (unpaired) electrons. The number of nitrogens with zero attached hydrogens (tertiary/aromatic N) is 2. The molecule has 0 amide bonds. The Bertz CT molecular complexity index is 459. The van der Waals surface area contributed by atoms with Crippen LogP contribution in [-0.2, 0) is 0 Å². The Balaban J connectivity index is 2.31. The summed E-state index contributed by atoms with van der Waals surface area (Å²) < 4.78 is 3.48. The molecule has 4 N–H and O–H groups in total. The molecule has 0 saturated carbocycles. The van der Waals surface area contributed by atoms with Gasteiger partial charge in [0.25, 0.3) is 0 Å². The molecule has 2 heterocycles. The predicted molar refractivity (Wildman–Crippen MR) is 61.3 cm³/mol. The van der Waals surface area contributed by atoms with Gasteiger partial charge < -0.3 is 0 Å². The Kier molecular flexibility index (Phi) is 2.83. The van der Waals surface area contributed by atoms with Gasteiger partial charge in [0.15, 0.2) is 24.8 Å². The molecule has 82 valence electrons. The molecule has 0 aliphatic carbocycles. The highest BCUT2D eigenvalue weighted by atomic mass is 15.3. The smallest absolute Gasteiger partial charge is 0.206 e. The molecule has 2 aromatic heterocycles. The molecular weight excluding hydrogens is 200 g/mol. The van der Waals surface area contributed by atoms with Crippen LogP contribution in [0.15, 0.2) is 49.1 Å². The summed E-state index contributed by atoms with van der Waals surface area (Å²) in [6.45, 7) is 1.94. The third-order valence-corrected chi connectivity index (χ3v) is 2.51. The third kappa shape index (κ3) is 2.17. The first-order valence-electron chi connectivity index (χ1n) is 5.20.